The predicted molar refractivity (Wildman–Crippen MR) is 80.0 cm³/mol. The Labute approximate surface area is 130 Å². The highest BCUT2D eigenvalue weighted by atomic mass is 16.4. The molecule has 2 aliphatic rings. The van der Waals surface area contributed by atoms with E-state index in [9.17, 15) is 14.7 Å². The Morgan fingerprint density at radius 1 is 1.14 bits per heavy atom. The third-order valence-electron chi connectivity index (χ3n) is 5.14. The molecule has 2 atom stereocenters. The minimum absolute atomic E-state index is 0.0201. The van der Waals surface area contributed by atoms with Gasteiger partial charge in [-0.15, -0.1) is 0 Å². The molecule has 2 aliphatic carbocycles. The van der Waals surface area contributed by atoms with E-state index >= 15 is 0 Å². The van der Waals surface area contributed by atoms with Crippen LogP contribution < -0.4 is 0 Å². The first kappa shape index (κ1) is 15.1. The molecule has 2 fully saturated rings. The number of nitrogens with zero attached hydrogens (tertiary/aromatic N) is 1. The summed E-state index contributed by atoms with van der Waals surface area (Å²) in [6.07, 6.45) is 10.2. The number of hydrogen-bond acceptors (Lipinski definition) is 3. The van der Waals surface area contributed by atoms with Crippen LogP contribution in [0, 0.1) is 11.8 Å². The molecular formula is C17H23NO4. The van der Waals surface area contributed by atoms with Gasteiger partial charge in [0.05, 0.1) is 24.4 Å². The highest BCUT2D eigenvalue weighted by molar-refractivity contribution is 5.86. The highest BCUT2D eigenvalue weighted by Crippen LogP contribution is 2.37. The van der Waals surface area contributed by atoms with Crippen LogP contribution in [0.3, 0.4) is 0 Å². The standard InChI is InChI=1S/C17H23NO4/c19-16(14-6-7-15(14)17(20)21)18(10-12-8-9-22-11-12)13-4-2-1-3-5-13/h8-9,11,13-15H,1-7,10H2,(H,20,21). The van der Waals surface area contributed by atoms with Crippen molar-refractivity contribution in [3.8, 4) is 0 Å². The summed E-state index contributed by atoms with van der Waals surface area (Å²) in [5, 5.41) is 9.22. The van der Waals surface area contributed by atoms with Crippen LogP contribution in [0.5, 0.6) is 0 Å². The summed E-state index contributed by atoms with van der Waals surface area (Å²) in [6, 6.07) is 2.12. The quantitative estimate of drug-likeness (QED) is 0.907. The number of carboxylic acids is 1. The van der Waals surface area contributed by atoms with Gasteiger partial charge in [0.15, 0.2) is 0 Å². The van der Waals surface area contributed by atoms with Crippen molar-refractivity contribution in [2.24, 2.45) is 11.8 Å². The van der Waals surface area contributed by atoms with Gasteiger partial charge in [0.2, 0.25) is 5.91 Å². The molecule has 0 radical (unpaired) electrons. The van der Waals surface area contributed by atoms with E-state index in [0.29, 0.717) is 19.4 Å². The fraction of sp³-hybridized carbons (Fsp3) is 0.647. The molecule has 0 spiro atoms. The maximum atomic E-state index is 12.9. The number of furan rings is 1. The Morgan fingerprint density at radius 3 is 2.41 bits per heavy atom. The Hall–Kier alpha value is -1.78. The van der Waals surface area contributed by atoms with Crippen molar-refractivity contribution in [3.05, 3.63) is 24.2 Å². The summed E-state index contributed by atoms with van der Waals surface area (Å²) >= 11 is 0. The van der Waals surface area contributed by atoms with Gasteiger partial charge in [-0.05, 0) is 31.7 Å². The number of carbonyl (C=O) groups excluding carboxylic acids is 1. The monoisotopic (exact) mass is 305 g/mol. The Kier molecular flexibility index (Phi) is 4.50. The van der Waals surface area contributed by atoms with Crippen molar-refractivity contribution >= 4 is 11.9 Å². The molecule has 1 aromatic rings. The van der Waals surface area contributed by atoms with Gasteiger partial charge in [-0.25, -0.2) is 0 Å². The lowest BCUT2D eigenvalue weighted by atomic mass is 9.72. The fourth-order valence-corrected chi connectivity index (χ4v) is 3.66. The summed E-state index contributed by atoms with van der Waals surface area (Å²) < 4.78 is 5.11. The minimum Gasteiger partial charge on any atom is -0.481 e. The fourth-order valence-electron chi connectivity index (χ4n) is 3.66. The highest BCUT2D eigenvalue weighted by Gasteiger charge is 2.44. The van der Waals surface area contributed by atoms with Gasteiger partial charge in [-0.3, -0.25) is 9.59 Å². The van der Waals surface area contributed by atoms with E-state index in [1.54, 1.807) is 12.5 Å². The van der Waals surface area contributed by atoms with Gasteiger partial charge in [-0.2, -0.15) is 0 Å². The molecule has 1 amide bonds. The Balaban J connectivity index is 1.74. The lowest BCUT2D eigenvalue weighted by Crippen LogP contribution is -2.49. The predicted octanol–water partition coefficient (Wildman–Crippen LogP) is 3.05. The summed E-state index contributed by atoms with van der Waals surface area (Å²) in [7, 11) is 0. The molecule has 2 saturated carbocycles. The van der Waals surface area contributed by atoms with Crippen LogP contribution >= 0.6 is 0 Å². The number of rotatable bonds is 5. The van der Waals surface area contributed by atoms with Crippen molar-refractivity contribution in [2.75, 3.05) is 0 Å². The maximum Gasteiger partial charge on any atom is 0.307 e. The first-order valence-corrected chi connectivity index (χ1v) is 8.21. The van der Waals surface area contributed by atoms with Gasteiger partial charge in [0.25, 0.3) is 0 Å². The van der Waals surface area contributed by atoms with E-state index in [1.807, 2.05) is 11.0 Å². The molecule has 2 unspecified atom stereocenters. The van der Waals surface area contributed by atoms with Gasteiger partial charge in [0, 0.05) is 18.2 Å². The van der Waals surface area contributed by atoms with Crippen LogP contribution in [0.2, 0.25) is 0 Å². The second kappa shape index (κ2) is 6.55. The van der Waals surface area contributed by atoms with Crippen LogP contribution in [0.4, 0.5) is 0 Å². The van der Waals surface area contributed by atoms with Crippen LogP contribution in [-0.2, 0) is 16.1 Å². The van der Waals surface area contributed by atoms with Crippen molar-refractivity contribution in [1.82, 2.24) is 4.90 Å². The van der Waals surface area contributed by atoms with Crippen LogP contribution in [0.15, 0.2) is 23.0 Å². The van der Waals surface area contributed by atoms with E-state index in [-0.39, 0.29) is 17.9 Å². The molecule has 1 aromatic heterocycles. The van der Waals surface area contributed by atoms with E-state index in [4.69, 9.17) is 4.42 Å². The molecule has 1 heterocycles. The van der Waals surface area contributed by atoms with Gasteiger partial charge in [0.1, 0.15) is 0 Å². The second-order valence-corrected chi connectivity index (χ2v) is 6.52. The first-order chi connectivity index (χ1) is 10.7. The third-order valence-corrected chi connectivity index (χ3v) is 5.14. The summed E-state index contributed by atoms with van der Waals surface area (Å²) in [5.41, 5.74) is 0.977. The molecule has 5 heteroatoms. The molecule has 0 saturated heterocycles. The normalized spacial score (nSPS) is 25.5. The average molecular weight is 305 g/mol. The lowest BCUT2D eigenvalue weighted by Gasteiger charge is -2.41. The molecule has 120 valence electrons. The van der Waals surface area contributed by atoms with Gasteiger partial charge >= 0.3 is 5.97 Å². The Morgan fingerprint density at radius 2 is 1.86 bits per heavy atom. The zero-order valence-corrected chi connectivity index (χ0v) is 12.7. The topological polar surface area (TPSA) is 70.8 Å². The molecule has 0 aliphatic heterocycles. The first-order valence-electron chi connectivity index (χ1n) is 8.21. The third kappa shape index (κ3) is 3.03. The molecule has 5 nitrogen and oxygen atoms in total. The zero-order valence-electron chi connectivity index (χ0n) is 12.7. The van der Waals surface area contributed by atoms with Crippen LogP contribution in [0.1, 0.15) is 50.5 Å². The number of amides is 1. The summed E-state index contributed by atoms with van der Waals surface area (Å²) in [4.78, 5) is 26.0. The largest absolute Gasteiger partial charge is 0.481 e. The van der Waals surface area contributed by atoms with E-state index in [2.05, 4.69) is 0 Å². The lowest BCUT2D eigenvalue weighted by molar-refractivity contribution is -0.158. The molecule has 1 N–H and O–H groups in total. The van der Waals surface area contributed by atoms with Crippen molar-refractivity contribution < 1.29 is 19.1 Å². The molecule has 3 rings (SSSR count). The van der Waals surface area contributed by atoms with Crippen molar-refractivity contribution in [2.45, 2.75) is 57.5 Å². The van der Waals surface area contributed by atoms with E-state index in [1.165, 1.54) is 6.42 Å². The smallest absolute Gasteiger partial charge is 0.307 e. The molecule has 0 aromatic carbocycles. The molecule has 22 heavy (non-hydrogen) atoms. The molecular weight excluding hydrogens is 282 g/mol. The second-order valence-electron chi connectivity index (χ2n) is 6.52. The number of hydrogen-bond donors (Lipinski definition) is 1. The number of carboxylic acid groups (broad SMARTS) is 1. The number of aliphatic carboxylic acids is 1. The number of carbonyl (C=O) groups is 2. The van der Waals surface area contributed by atoms with Crippen molar-refractivity contribution in [3.63, 3.8) is 0 Å². The average Bonchev–Trinajstić information content (AvgIpc) is 2.96. The maximum absolute atomic E-state index is 12.9. The van der Waals surface area contributed by atoms with Crippen LogP contribution in [0.25, 0.3) is 0 Å². The SMILES string of the molecule is O=C(O)C1CCC1C(=O)N(Cc1ccoc1)C1CCCCC1. The zero-order chi connectivity index (χ0) is 15.5. The van der Waals surface area contributed by atoms with Gasteiger partial charge < -0.3 is 14.4 Å². The van der Waals surface area contributed by atoms with Crippen LogP contribution in [-0.4, -0.2) is 27.9 Å². The Bertz CT molecular complexity index is 519. The minimum atomic E-state index is -0.837. The summed E-state index contributed by atoms with van der Waals surface area (Å²) in [6.45, 7) is 0.531. The summed E-state index contributed by atoms with van der Waals surface area (Å²) in [5.74, 6) is -1.66. The van der Waals surface area contributed by atoms with E-state index < -0.39 is 11.9 Å². The van der Waals surface area contributed by atoms with Gasteiger partial charge in [-0.1, -0.05) is 19.3 Å². The van der Waals surface area contributed by atoms with E-state index in [0.717, 1.165) is 31.2 Å². The van der Waals surface area contributed by atoms with Crippen molar-refractivity contribution in [1.29, 1.82) is 0 Å². The molecule has 0 bridgehead atoms.